The quantitative estimate of drug-likeness (QED) is 0.805. The highest BCUT2D eigenvalue weighted by Gasteiger charge is 2.04. The molecule has 15 heavy (non-hydrogen) atoms. The lowest BCUT2D eigenvalue weighted by molar-refractivity contribution is 0.460. The van der Waals surface area contributed by atoms with Crippen molar-refractivity contribution in [3.05, 3.63) is 46.8 Å². The zero-order valence-corrected chi connectivity index (χ0v) is 9.03. The summed E-state index contributed by atoms with van der Waals surface area (Å²) in [5.74, 6) is 0.839. The van der Waals surface area contributed by atoms with E-state index in [-0.39, 0.29) is 11.0 Å². The first-order chi connectivity index (χ1) is 7.25. The van der Waals surface area contributed by atoms with E-state index in [1.165, 1.54) is 12.4 Å². The van der Waals surface area contributed by atoms with Gasteiger partial charge >= 0.3 is 0 Å². The molecule has 0 spiro atoms. The van der Waals surface area contributed by atoms with Gasteiger partial charge in [0, 0.05) is 17.4 Å². The largest absolute Gasteiger partial charge is 0.436 e. The van der Waals surface area contributed by atoms with Crippen LogP contribution in [0.2, 0.25) is 10.2 Å². The van der Waals surface area contributed by atoms with Crippen molar-refractivity contribution < 1.29 is 4.74 Å². The second kappa shape index (κ2) is 4.47. The number of ether oxygens (including phenoxy) is 1. The third-order valence-electron chi connectivity index (χ3n) is 1.63. The van der Waals surface area contributed by atoms with Crippen LogP contribution >= 0.6 is 23.2 Å². The lowest BCUT2D eigenvalue weighted by atomic mass is 10.3. The highest BCUT2D eigenvalue weighted by Crippen LogP contribution is 2.26. The molecule has 2 rings (SSSR count). The average molecular weight is 241 g/mol. The SMILES string of the molecule is Clc1cccc(Oc2nccnc2Cl)c1. The Kier molecular flexibility index (Phi) is 3.04. The number of nitrogens with zero attached hydrogens (tertiary/aromatic N) is 2. The van der Waals surface area contributed by atoms with Crippen LogP contribution in [0.15, 0.2) is 36.7 Å². The van der Waals surface area contributed by atoms with Crippen molar-refractivity contribution in [2.75, 3.05) is 0 Å². The summed E-state index contributed by atoms with van der Waals surface area (Å²) in [7, 11) is 0. The molecule has 0 radical (unpaired) electrons. The van der Waals surface area contributed by atoms with E-state index in [4.69, 9.17) is 27.9 Å². The van der Waals surface area contributed by atoms with Crippen LogP contribution in [0.5, 0.6) is 11.6 Å². The van der Waals surface area contributed by atoms with Crippen LogP contribution in [0, 0.1) is 0 Å². The van der Waals surface area contributed by atoms with Gasteiger partial charge in [-0.1, -0.05) is 29.3 Å². The Morgan fingerprint density at radius 2 is 1.87 bits per heavy atom. The predicted molar refractivity (Wildman–Crippen MR) is 58.6 cm³/mol. The van der Waals surface area contributed by atoms with Gasteiger partial charge in [0.1, 0.15) is 5.75 Å². The van der Waals surface area contributed by atoms with E-state index < -0.39 is 0 Å². The number of hydrogen-bond donors (Lipinski definition) is 0. The highest BCUT2D eigenvalue weighted by atomic mass is 35.5. The molecule has 3 nitrogen and oxygen atoms in total. The molecule has 0 aliphatic heterocycles. The molecule has 76 valence electrons. The fraction of sp³-hybridized carbons (Fsp3) is 0. The van der Waals surface area contributed by atoms with E-state index in [0.29, 0.717) is 10.8 Å². The van der Waals surface area contributed by atoms with Crippen LogP contribution in [0.4, 0.5) is 0 Å². The fourth-order valence-electron chi connectivity index (χ4n) is 1.02. The first-order valence-electron chi connectivity index (χ1n) is 4.15. The average Bonchev–Trinajstić information content (AvgIpc) is 2.22. The van der Waals surface area contributed by atoms with Crippen LogP contribution in [0.1, 0.15) is 0 Å². The minimum Gasteiger partial charge on any atom is -0.436 e. The van der Waals surface area contributed by atoms with Crippen LogP contribution in [0.25, 0.3) is 0 Å². The van der Waals surface area contributed by atoms with E-state index in [9.17, 15) is 0 Å². The second-order valence-electron chi connectivity index (χ2n) is 2.71. The lowest BCUT2D eigenvalue weighted by Crippen LogP contribution is -1.89. The summed E-state index contributed by atoms with van der Waals surface area (Å²) in [5.41, 5.74) is 0. The van der Waals surface area contributed by atoms with Gasteiger partial charge < -0.3 is 4.74 Å². The number of rotatable bonds is 2. The van der Waals surface area contributed by atoms with E-state index in [2.05, 4.69) is 9.97 Å². The maximum atomic E-state index is 5.80. The maximum Gasteiger partial charge on any atom is 0.257 e. The molecular formula is C10H6Cl2N2O. The van der Waals surface area contributed by atoms with E-state index in [1.807, 2.05) is 0 Å². The highest BCUT2D eigenvalue weighted by molar-refractivity contribution is 6.31. The van der Waals surface area contributed by atoms with Crippen LogP contribution in [-0.2, 0) is 0 Å². The van der Waals surface area contributed by atoms with Gasteiger partial charge in [-0.2, -0.15) is 0 Å². The van der Waals surface area contributed by atoms with Gasteiger partial charge in [0.15, 0.2) is 5.15 Å². The Balaban J connectivity index is 2.26. The molecular weight excluding hydrogens is 235 g/mol. The molecule has 5 heteroatoms. The Hall–Kier alpha value is -1.32. The number of halogens is 2. The molecule has 0 atom stereocenters. The molecule has 0 aliphatic rings. The van der Waals surface area contributed by atoms with E-state index >= 15 is 0 Å². The van der Waals surface area contributed by atoms with Gasteiger partial charge in [-0.15, -0.1) is 0 Å². The van der Waals surface area contributed by atoms with Crippen molar-refractivity contribution in [2.24, 2.45) is 0 Å². The zero-order chi connectivity index (χ0) is 10.7. The minimum absolute atomic E-state index is 0.220. The summed E-state index contributed by atoms with van der Waals surface area (Å²) in [5, 5.41) is 0.810. The fourth-order valence-corrected chi connectivity index (χ4v) is 1.34. The molecule has 1 aromatic heterocycles. The van der Waals surface area contributed by atoms with Gasteiger partial charge in [-0.05, 0) is 18.2 Å². The van der Waals surface area contributed by atoms with Crippen molar-refractivity contribution in [3.63, 3.8) is 0 Å². The van der Waals surface area contributed by atoms with E-state index in [0.717, 1.165) is 0 Å². The summed E-state index contributed by atoms with van der Waals surface area (Å²) < 4.78 is 5.40. The smallest absolute Gasteiger partial charge is 0.257 e. The molecule has 0 amide bonds. The molecule has 1 heterocycles. The van der Waals surface area contributed by atoms with Crippen molar-refractivity contribution in [1.82, 2.24) is 9.97 Å². The summed E-state index contributed by atoms with van der Waals surface area (Å²) in [6.45, 7) is 0. The van der Waals surface area contributed by atoms with Gasteiger partial charge in [0.2, 0.25) is 0 Å². The Labute approximate surface area is 96.6 Å². The molecule has 0 unspecified atom stereocenters. The van der Waals surface area contributed by atoms with Crippen LogP contribution in [0.3, 0.4) is 0 Å². The molecule has 0 saturated carbocycles. The van der Waals surface area contributed by atoms with Crippen LogP contribution in [-0.4, -0.2) is 9.97 Å². The third kappa shape index (κ3) is 2.58. The van der Waals surface area contributed by atoms with Gasteiger partial charge in [0.05, 0.1) is 0 Å². The molecule has 0 N–H and O–H groups in total. The molecule has 0 aliphatic carbocycles. The maximum absolute atomic E-state index is 5.80. The summed E-state index contributed by atoms with van der Waals surface area (Å²) in [4.78, 5) is 7.79. The van der Waals surface area contributed by atoms with Gasteiger partial charge in [-0.25, -0.2) is 9.97 Å². The first-order valence-corrected chi connectivity index (χ1v) is 4.91. The molecule has 1 aromatic carbocycles. The van der Waals surface area contributed by atoms with Gasteiger partial charge in [-0.3, -0.25) is 0 Å². The number of hydrogen-bond acceptors (Lipinski definition) is 3. The monoisotopic (exact) mass is 240 g/mol. The van der Waals surface area contributed by atoms with Crippen molar-refractivity contribution >= 4 is 23.2 Å². The normalized spacial score (nSPS) is 10.0. The minimum atomic E-state index is 0.220. The second-order valence-corrected chi connectivity index (χ2v) is 3.51. The Morgan fingerprint density at radius 1 is 1.07 bits per heavy atom. The van der Waals surface area contributed by atoms with Crippen molar-refractivity contribution in [1.29, 1.82) is 0 Å². The zero-order valence-electron chi connectivity index (χ0n) is 7.52. The van der Waals surface area contributed by atoms with Crippen LogP contribution < -0.4 is 4.74 Å². The lowest BCUT2D eigenvalue weighted by Gasteiger charge is -2.04. The Morgan fingerprint density at radius 3 is 2.60 bits per heavy atom. The molecule has 0 bridgehead atoms. The topological polar surface area (TPSA) is 35.0 Å². The Bertz CT molecular complexity index is 476. The van der Waals surface area contributed by atoms with Crippen molar-refractivity contribution in [2.45, 2.75) is 0 Å². The number of benzene rings is 1. The predicted octanol–water partition coefficient (Wildman–Crippen LogP) is 3.58. The first kappa shape index (κ1) is 10.2. The molecule has 0 fully saturated rings. The summed E-state index contributed by atoms with van der Waals surface area (Å²) >= 11 is 11.6. The third-order valence-corrected chi connectivity index (χ3v) is 2.13. The summed E-state index contributed by atoms with van der Waals surface area (Å²) in [6, 6.07) is 6.97. The molecule has 2 aromatic rings. The molecule has 0 saturated heterocycles. The summed E-state index contributed by atoms with van der Waals surface area (Å²) in [6.07, 6.45) is 3.00. The van der Waals surface area contributed by atoms with Crippen molar-refractivity contribution in [3.8, 4) is 11.6 Å². The van der Waals surface area contributed by atoms with E-state index in [1.54, 1.807) is 24.3 Å². The number of aromatic nitrogens is 2. The standard InChI is InChI=1S/C10H6Cl2N2O/c11-7-2-1-3-8(6-7)15-10-9(12)13-4-5-14-10/h1-6H. The van der Waals surface area contributed by atoms with Gasteiger partial charge in [0.25, 0.3) is 5.88 Å².